The van der Waals surface area contributed by atoms with E-state index < -0.39 is 0 Å². The third kappa shape index (κ3) is 1.12. The lowest BCUT2D eigenvalue weighted by Crippen LogP contribution is -1.91. The van der Waals surface area contributed by atoms with Gasteiger partial charge in [0.1, 0.15) is 6.07 Å². The minimum atomic E-state index is -0.177. The lowest BCUT2D eigenvalue weighted by atomic mass is 10.2. The van der Waals surface area contributed by atoms with E-state index in [0.717, 1.165) is 0 Å². The molecule has 50 valence electrons. The first-order valence-corrected chi connectivity index (χ1v) is 2.83. The Morgan fingerprint density at radius 3 is 3.00 bits per heavy atom. The molecule has 0 aliphatic carbocycles. The number of aliphatic hydroxyl groups is 1. The third-order valence-corrected chi connectivity index (χ3v) is 1.16. The Balaban J connectivity index is 3.12. The lowest BCUT2D eigenvalue weighted by Gasteiger charge is -1.94. The molecule has 0 amide bonds. The summed E-state index contributed by atoms with van der Waals surface area (Å²) in [6.45, 7) is -0.177. The zero-order valence-electron chi connectivity index (χ0n) is 5.28. The van der Waals surface area contributed by atoms with Gasteiger partial charge in [0, 0.05) is 6.20 Å². The number of hydrogen-bond donors (Lipinski definition) is 1. The largest absolute Gasteiger partial charge is 0.390 e. The molecule has 1 rings (SSSR count). The molecule has 0 aromatic carbocycles. The molecule has 1 aromatic heterocycles. The summed E-state index contributed by atoms with van der Waals surface area (Å²) in [6.07, 6.45) is 1.55. The fourth-order valence-electron chi connectivity index (χ4n) is 0.666. The van der Waals surface area contributed by atoms with Crippen molar-refractivity contribution in [2.75, 3.05) is 0 Å². The topological polar surface area (TPSA) is 56.9 Å². The fraction of sp³-hybridized carbons (Fsp3) is 0.143. The molecule has 3 heteroatoms. The van der Waals surface area contributed by atoms with E-state index in [9.17, 15) is 0 Å². The number of aromatic nitrogens is 1. The molecule has 0 bridgehead atoms. The molecule has 0 aliphatic heterocycles. The van der Waals surface area contributed by atoms with E-state index in [4.69, 9.17) is 10.4 Å². The van der Waals surface area contributed by atoms with E-state index in [1.807, 2.05) is 6.07 Å². The Labute approximate surface area is 58.6 Å². The van der Waals surface area contributed by atoms with Crippen LogP contribution in [0.4, 0.5) is 0 Å². The normalized spacial score (nSPS) is 8.80. The second kappa shape index (κ2) is 2.95. The van der Waals surface area contributed by atoms with Crippen LogP contribution in [0.2, 0.25) is 0 Å². The lowest BCUT2D eigenvalue weighted by molar-refractivity contribution is 0.276. The molecule has 0 saturated carbocycles. The second-order valence-corrected chi connectivity index (χ2v) is 1.77. The maximum Gasteiger partial charge on any atom is 0.101 e. The SMILES string of the molecule is N#Cc1cccnc1CO. The Morgan fingerprint density at radius 1 is 1.70 bits per heavy atom. The van der Waals surface area contributed by atoms with Gasteiger partial charge in [0.15, 0.2) is 0 Å². The van der Waals surface area contributed by atoms with Gasteiger partial charge in [0.05, 0.1) is 17.9 Å². The van der Waals surface area contributed by atoms with Crippen LogP contribution in [0, 0.1) is 11.3 Å². The van der Waals surface area contributed by atoms with Crippen LogP contribution in [0.5, 0.6) is 0 Å². The minimum absolute atomic E-state index is 0.177. The standard InChI is InChI=1S/C7H6N2O/c8-4-6-2-1-3-9-7(6)5-10/h1-3,10H,5H2. The summed E-state index contributed by atoms with van der Waals surface area (Å²) in [5, 5.41) is 17.1. The van der Waals surface area contributed by atoms with Crippen LogP contribution in [0.25, 0.3) is 0 Å². The van der Waals surface area contributed by atoms with Crippen molar-refractivity contribution in [2.45, 2.75) is 6.61 Å². The predicted octanol–water partition coefficient (Wildman–Crippen LogP) is 0.446. The van der Waals surface area contributed by atoms with Gasteiger partial charge in [-0.1, -0.05) is 0 Å². The molecule has 0 atom stereocenters. The fourth-order valence-corrected chi connectivity index (χ4v) is 0.666. The third-order valence-electron chi connectivity index (χ3n) is 1.16. The number of pyridine rings is 1. The maximum absolute atomic E-state index is 8.64. The summed E-state index contributed by atoms with van der Waals surface area (Å²) in [6, 6.07) is 5.21. The average molecular weight is 134 g/mol. The molecule has 3 nitrogen and oxygen atoms in total. The molecular weight excluding hydrogens is 128 g/mol. The van der Waals surface area contributed by atoms with E-state index in [0.29, 0.717) is 11.3 Å². The summed E-state index contributed by atoms with van der Waals surface area (Å²) < 4.78 is 0. The van der Waals surface area contributed by atoms with Crippen molar-refractivity contribution >= 4 is 0 Å². The first kappa shape index (κ1) is 6.72. The van der Waals surface area contributed by atoms with Crippen molar-refractivity contribution in [3.05, 3.63) is 29.6 Å². The van der Waals surface area contributed by atoms with Crippen molar-refractivity contribution in [1.29, 1.82) is 5.26 Å². The monoisotopic (exact) mass is 134 g/mol. The number of rotatable bonds is 1. The summed E-state index contributed by atoms with van der Waals surface area (Å²) in [4.78, 5) is 3.80. The van der Waals surface area contributed by atoms with Crippen LogP contribution in [0.15, 0.2) is 18.3 Å². The van der Waals surface area contributed by atoms with E-state index in [2.05, 4.69) is 4.98 Å². The minimum Gasteiger partial charge on any atom is -0.390 e. The molecule has 1 heterocycles. The van der Waals surface area contributed by atoms with E-state index in [1.54, 1.807) is 18.3 Å². The molecule has 1 N–H and O–H groups in total. The van der Waals surface area contributed by atoms with Gasteiger partial charge in [0.2, 0.25) is 0 Å². The van der Waals surface area contributed by atoms with E-state index >= 15 is 0 Å². The van der Waals surface area contributed by atoms with Gasteiger partial charge >= 0.3 is 0 Å². The van der Waals surface area contributed by atoms with Crippen LogP contribution < -0.4 is 0 Å². The summed E-state index contributed by atoms with van der Waals surface area (Å²) in [7, 11) is 0. The van der Waals surface area contributed by atoms with Crippen LogP contribution in [-0.4, -0.2) is 10.1 Å². The van der Waals surface area contributed by atoms with E-state index in [1.165, 1.54) is 0 Å². The van der Waals surface area contributed by atoms with Gasteiger partial charge in [0.25, 0.3) is 0 Å². The highest BCUT2D eigenvalue weighted by molar-refractivity contribution is 5.31. The van der Waals surface area contributed by atoms with Crippen LogP contribution in [0.3, 0.4) is 0 Å². The smallest absolute Gasteiger partial charge is 0.101 e. The predicted molar refractivity (Wildman–Crippen MR) is 34.9 cm³/mol. The van der Waals surface area contributed by atoms with Crippen LogP contribution in [-0.2, 0) is 6.61 Å². The quantitative estimate of drug-likeness (QED) is 0.606. The van der Waals surface area contributed by atoms with Gasteiger partial charge < -0.3 is 5.11 Å². The van der Waals surface area contributed by atoms with Gasteiger partial charge in [-0.25, -0.2) is 0 Å². The number of nitrogens with zero attached hydrogens (tertiary/aromatic N) is 2. The van der Waals surface area contributed by atoms with Crippen LogP contribution >= 0.6 is 0 Å². The Bertz CT molecular complexity index is 265. The van der Waals surface area contributed by atoms with Crippen molar-refractivity contribution in [3.8, 4) is 6.07 Å². The molecule has 0 aliphatic rings. The molecular formula is C7H6N2O. The Kier molecular flexibility index (Phi) is 1.98. The zero-order chi connectivity index (χ0) is 7.40. The Morgan fingerprint density at radius 2 is 2.50 bits per heavy atom. The van der Waals surface area contributed by atoms with Crippen molar-refractivity contribution in [1.82, 2.24) is 4.98 Å². The maximum atomic E-state index is 8.64. The van der Waals surface area contributed by atoms with Crippen LogP contribution in [0.1, 0.15) is 11.3 Å². The molecule has 0 radical (unpaired) electrons. The van der Waals surface area contributed by atoms with E-state index in [-0.39, 0.29) is 6.61 Å². The van der Waals surface area contributed by atoms with Gasteiger partial charge in [-0.2, -0.15) is 5.26 Å². The first-order valence-electron chi connectivity index (χ1n) is 2.83. The van der Waals surface area contributed by atoms with Gasteiger partial charge in [-0.3, -0.25) is 4.98 Å². The molecule has 1 aromatic rings. The number of aliphatic hydroxyl groups excluding tert-OH is 1. The highest BCUT2D eigenvalue weighted by atomic mass is 16.3. The number of hydrogen-bond acceptors (Lipinski definition) is 3. The van der Waals surface area contributed by atoms with Crippen molar-refractivity contribution < 1.29 is 5.11 Å². The van der Waals surface area contributed by atoms with Gasteiger partial charge in [-0.15, -0.1) is 0 Å². The van der Waals surface area contributed by atoms with Gasteiger partial charge in [-0.05, 0) is 12.1 Å². The highest BCUT2D eigenvalue weighted by Crippen LogP contribution is 2.01. The molecule has 0 saturated heterocycles. The highest BCUT2D eigenvalue weighted by Gasteiger charge is 1.97. The van der Waals surface area contributed by atoms with Crippen molar-refractivity contribution in [2.24, 2.45) is 0 Å². The zero-order valence-corrected chi connectivity index (χ0v) is 5.28. The molecule has 0 fully saturated rings. The summed E-state index contributed by atoms with van der Waals surface area (Å²) in [5.41, 5.74) is 0.870. The average Bonchev–Trinajstić information content (AvgIpc) is 2.04. The van der Waals surface area contributed by atoms with Crippen molar-refractivity contribution in [3.63, 3.8) is 0 Å². The molecule has 0 unspecified atom stereocenters. The Hall–Kier alpha value is -1.40. The summed E-state index contributed by atoms with van der Waals surface area (Å²) >= 11 is 0. The first-order chi connectivity index (χ1) is 4.88. The number of nitriles is 1. The second-order valence-electron chi connectivity index (χ2n) is 1.77. The molecule has 10 heavy (non-hydrogen) atoms. The molecule has 0 spiro atoms. The summed E-state index contributed by atoms with van der Waals surface area (Å²) in [5.74, 6) is 0.